The Bertz CT molecular complexity index is 323. The van der Waals surface area contributed by atoms with Crippen molar-refractivity contribution in [2.75, 3.05) is 33.1 Å². The van der Waals surface area contributed by atoms with Crippen LogP contribution in [0.2, 0.25) is 0 Å². The highest BCUT2D eigenvalue weighted by Gasteiger charge is 2.29. The molecule has 1 heterocycles. The zero-order chi connectivity index (χ0) is 14.3. The third kappa shape index (κ3) is 5.10. The lowest BCUT2D eigenvalue weighted by molar-refractivity contribution is -0.151. The Kier molecular flexibility index (Phi) is 6.69. The van der Waals surface area contributed by atoms with E-state index in [2.05, 4.69) is 9.47 Å². The first kappa shape index (κ1) is 15.8. The van der Waals surface area contributed by atoms with Crippen LogP contribution in [0.25, 0.3) is 0 Å². The van der Waals surface area contributed by atoms with Crippen molar-refractivity contribution in [3.63, 3.8) is 0 Å². The van der Waals surface area contributed by atoms with Gasteiger partial charge in [-0.15, -0.1) is 11.8 Å². The Morgan fingerprint density at radius 3 is 2.11 bits per heavy atom. The average molecular weight is 289 g/mol. The largest absolute Gasteiger partial charge is 0.468 e. The standard InChI is InChI=1S/C12H19NO5S/c1-17-10(14)7-13(8-11(15)18-2)12(16)9-5-3-4-6-19-9/h9H,3-8H2,1-2H3. The van der Waals surface area contributed by atoms with Gasteiger partial charge in [0.15, 0.2) is 0 Å². The molecule has 0 aromatic carbocycles. The fraction of sp³-hybridized carbons (Fsp3) is 0.750. The maximum atomic E-state index is 12.3. The van der Waals surface area contributed by atoms with Crippen molar-refractivity contribution in [1.29, 1.82) is 0 Å². The zero-order valence-electron chi connectivity index (χ0n) is 11.2. The molecule has 0 saturated carbocycles. The summed E-state index contributed by atoms with van der Waals surface area (Å²) in [6.45, 7) is -0.441. The Morgan fingerprint density at radius 2 is 1.68 bits per heavy atom. The Morgan fingerprint density at radius 1 is 1.11 bits per heavy atom. The van der Waals surface area contributed by atoms with Crippen LogP contribution in [0.1, 0.15) is 19.3 Å². The number of thioether (sulfide) groups is 1. The van der Waals surface area contributed by atoms with E-state index in [0.29, 0.717) is 0 Å². The molecule has 1 amide bonds. The minimum atomic E-state index is -0.543. The highest BCUT2D eigenvalue weighted by molar-refractivity contribution is 8.00. The SMILES string of the molecule is COC(=O)CN(CC(=O)OC)C(=O)C1CCCCS1. The maximum Gasteiger partial charge on any atom is 0.325 e. The molecule has 0 bridgehead atoms. The summed E-state index contributed by atoms with van der Waals surface area (Å²) < 4.78 is 9.08. The zero-order valence-corrected chi connectivity index (χ0v) is 12.0. The first-order valence-corrected chi connectivity index (χ1v) is 7.17. The number of ether oxygens (including phenoxy) is 2. The number of carbonyl (C=O) groups is 3. The normalized spacial score (nSPS) is 18.5. The van der Waals surface area contributed by atoms with Gasteiger partial charge < -0.3 is 14.4 Å². The predicted molar refractivity (Wildman–Crippen MR) is 70.7 cm³/mol. The molecule has 1 fully saturated rings. The van der Waals surface area contributed by atoms with E-state index < -0.39 is 11.9 Å². The first-order chi connectivity index (χ1) is 9.08. The minimum absolute atomic E-state index is 0.178. The van der Waals surface area contributed by atoms with E-state index in [0.717, 1.165) is 25.0 Å². The van der Waals surface area contributed by atoms with Gasteiger partial charge in [-0.1, -0.05) is 6.42 Å². The van der Waals surface area contributed by atoms with Crippen molar-refractivity contribution < 1.29 is 23.9 Å². The van der Waals surface area contributed by atoms with Crippen LogP contribution < -0.4 is 0 Å². The van der Waals surface area contributed by atoms with Crippen LogP contribution in [0.5, 0.6) is 0 Å². The monoisotopic (exact) mass is 289 g/mol. The van der Waals surface area contributed by atoms with Gasteiger partial charge in [0.05, 0.1) is 19.5 Å². The lowest BCUT2D eigenvalue weighted by Gasteiger charge is -2.27. The van der Waals surface area contributed by atoms with Crippen LogP contribution in [0.4, 0.5) is 0 Å². The van der Waals surface area contributed by atoms with Gasteiger partial charge in [0, 0.05) is 0 Å². The summed E-state index contributed by atoms with van der Waals surface area (Å²) in [5.74, 6) is -0.350. The van der Waals surface area contributed by atoms with Gasteiger partial charge in [0.1, 0.15) is 13.1 Å². The number of methoxy groups -OCH3 is 2. The van der Waals surface area contributed by atoms with Crippen LogP contribution in [0.3, 0.4) is 0 Å². The fourth-order valence-corrected chi connectivity index (χ4v) is 3.07. The Hall–Kier alpha value is -1.24. The van der Waals surface area contributed by atoms with Gasteiger partial charge in [-0.25, -0.2) is 0 Å². The van der Waals surface area contributed by atoms with Crippen LogP contribution in [0.15, 0.2) is 0 Å². The number of rotatable bonds is 5. The summed E-state index contributed by atoms with van der Waals surface area (Å²) in [5.41, 5.74) is 0. The third-order valence-corrected chi connectivity index (χ3v) is 4.23. The summed E-state index contributed by atoms with van der Waals surface area (Å²) in [5, 5.41) is -0.178. The van der Waals surface area contributed by atoms with E-state index in [-0.39, 0.29) is 24.2 Å². The predicted octanol–water partition coefficient (Wildman–Crippen LogP) is 0.447. The molecule has 0 aromatic heterocycles. The summed E-state index contributed by atoms with van der Waals surface area (Å²) in [6.07, 6.45) is 2.87. The molecule has 0 N–H and O–H groups in total. The lowest BCUT2D eigenvalue weighted by Crippen LogP contribution is -2.44. The quantitative estimate of drug-likeness (QED) is 0.684. The Labute approximate surface area is 116 Å². The fourth-order valence-electron chi connectivity index (χ4n) is 1.79. The van der Waals surface area contributed by atoms with Crippen molar-refractivity contribution in [3.05, 3.63) is 0 Å². The topological polar surface area (TPSA) is 72.9 Å². The van der Waals surface area contributed by atoms with Gasteiger partial charge in [0.2, 0.25) is 5.91 Å². The molecule has 1 aliphatic heterocycles. The second-order valence-corrected chi connectivity index (χ2v) is 5.51. The van der Waals surface area contributed by atoms with Crippen molar-refractivity contribution in [3.8, 4) is 0 Å². The number of hydrogen-bond donors (Lipinski definition) is 0. The molecular weight excluding hydrogens is 270 g/mol. The highest BCUT2D eigenvalue weighted by Crippen LogP contribution is 2.26. The molecule has 6 nitrogen and oxygen atoms in total. The van der Waals surface area contributed by atoms with Crippen molar-refractivity contribution in [2.24, 2.45) is 0 Å². The first-order valence-electron chi connectivity index (χ1n) is 6.12. The van der Waals surface area contributed by atoms with Crippen LogP contribution in [-0.2, 0) is 23.9 Å². The number of amides is 1. The molecule has 0 spiro atoms. The molecule has 7 heteroatoms. The maximum absolute atomic E-state index is 12.3. The van der Waals surface area contributed by atoms with E-state index in [1.54, 1.807) is 11.8 Å². The molecule has 0 aliphatic carbocycles. The molecule has 1 unspecified atom stereocenters. The van der Waals surface area contributed by atoms with E-state index in [1.165, 1.54) is 19.1 Å². The van der Waals surface area contributed by atoms with Crippen LogP contribution in [-0.4, -0.2) is 61.1 Å². The average Bonchev–Trinajstić information content (AvgIpc) is 2.46. The number of esters is 2. The van der Waals surface area contributed by atoms with Crippen molar-refractivity contribution in [2.45, 2.75) is 24.5 Å². The smallest absolute Gasteiger partial charge is 0.325 e. The molecule has 1 aliphatic rings. The molecule has 0 aromatic rings. The molecular formula is C12H19NO5S. The summed E-state index contributed by atoms with van der Waals surface area (Å²) in [4.78, 5) is 36.1. The van der Waals surface area contributed by atoms with E-state index >= 15 is 0 Å². The summed E-state index contributed by atoms with van der Waals surface area (Å²) in [6, 6.07) is 0. The second kappa shape index (κ2) is 8.04. The van der Waals surface area contributed by atoms with Crippen molar-refractivity contribution in [1.82, 2.24) is 4.90 Å². The van der Waals surface area contributed by atoms with Gasteiger partial charge in [-0.3, -0.25) is 14.4 Å². The van der Waals surface area contributed by atoms with Gasteiger partial charge in [0.25, 0.3) is 0 Å². The molecule has 19 heavy (non-hydrogen) atoms. The summed E-state index contributed by atoms with van der Waals surface area (Å²) in [7, 11) is 2.50. The molecule has 1 rings (SSSR count). The van der Waals surface area contributed by atoms with Gasteiger partial charge >= 0.3 is 11.9 Å². The van der Waals surface area contributed by atoms with E-state index in [9.17, 15) is 14.4 Å². The molecule has 0 radical (unpaired) electrons. The highest BCUT2D eigenvalue weighted by atomic mass is 32.2. The van der Waals surface area contributed by atoms with Crippen molar-refractivity contribution >= 4 is 29.6 Å². The molecule has 1 atom stereocenters. The van der Waals surface area contributed by atoms with Crippen LogP contribution in [0, 0.1) is 0 Å². The lowest BCUT2D eigenvalue weighted by atomic mass is 10.1. The number of nitrogens with zero attached hydrogens (tertiary/aromatic N) is 1. The summed E-state index contributed by atoms with van der Waals surface area (Å²) >= 11 is 1.57. The molecule has 1 saturated heterocycles. The third-order valence-electron chi connectivity index (χ3n) is 2.86. The number of carbonyl (C=O) groups excluding carboxylic acids is 3. The van der Waals surface area contributed by atoms with E-state index in [4.69, 9.17) is 0 Å². The van der Waals surface area contributed by atoms with Gasteiger partial charge in [-0.2, -0.15) is 0 Å². The van der Waals surface area contributed by atoms with Gasteiger partial charge in [-0.05, 0) is 18.6 Å². The van der Waals surface area contributed by atoms with Crippen LogP contribution >= 0.6 is 11.8 Å². The Balaban J connectivity index is 2.66. The molecule has 108 valence electrons. The van der Waals surface area contributed by atoms with E-state index in [1.807, 2.05) is 0 Å². The minimum Gasteiger partial charge on any atom is -0.468 e. The second-order valence-electron chi connectivity index (χ2n) is 4.20. The number of hydrogen-bond acceptors (Lipinski definition) is 6.